The van der Waals surface area contributed by atoms with E-state index in [-0.39, 0.29) is 11.8 Å². The van der Waals surface area contributed by atoms with Gasteiger partial charge >= 0.3 is 0 Å². The summed E-state index contributed by atoms with van der Waals surface area (Å²) in [5, 5.41) is 2.48. The zero-order valence-corrected chi connectivity index (χ0v) is 14.5. The standard InChI is InChI=1S/C21H17NO2S/c23-20-17-10-3-4-11-18(17)21(24)22(20)13-6-14-25-19-12-5-8-15-7-1-2-9-16(15)19/h1-5,7-12H,6,13-14H2. The van der Waals surface area contributed by atoms with Crippen molar-refractivity contribution < 1.29 is 9.59 Å². The van der Waals surface area contributed by atoms with E-state index in [1.54, 1.807) is 36.0 Å². The van der Waals surface area contributed by atoms with E-state index in [0.29, 0.717) is 17.7 Å². The lowest BCUT2D eigenvalue weighted by Crippen LogP contribution is -2.30. The van der Waals surface area contributed by atoms with Crippen LogP contribution in [0.25, 0.3) is 10.8 Å². The number of rotatable bonds is 5. The van der Waals surface area contributed by atoms with Crippen LogP contribution in [0.1, 0.15) is 27.1 Å². The first-order valence-electron chi connectivity index (χ1n) is 8.31. The summed E-state index contributed by atoms with van der Waals surface area (Å²) in [5.41, 5.74) is 1.04. The Morgan fingerprint density at radius 3 is 2.16 bits per heavy atom. The van der Waals surface area contributed by atoms with Gasteiger partial charge in [-0.15, -0.1) is 11.8 Å². The van der Waals surface area contributed by atoms with E-state index in [2.05, 4.69) is 30.3 Å². The number of imide groups is 1. The highest BCUT2D eigenvalue weighted by atomic mass is 32.2. The van der Waals surface area contributed by atoms with Crippen LogP contribution < -0.4 is 0 Å². The molecule has 3 aromatic rings. The predicted octanol–water partition coefficient (Wildman–Crippen LogP) is 4.62. The van der Waals surface area contributed by atoms with Crippen molar-refractivity contribution in [3.8, 4) is 0 Å². The lowest BCUT2D eigenvalue weighted by molar-refractivity contribution is 0.0655. The summed E-state index contributed by atoms with van der Waals surface area (Å²) < 4.78 is 0. The summed E-state index contributed by atoms with van der Waals surface area (Å²) in [4.78, 5) is 27.3. The first-order chi connectivity index (χ1) is 12.3. The molecule has 1 heterocycles. The lowest BCUT2D eigenvalue weighted by Gasteiger charge is -2.13. The molecule has 124 valence electrons. The second-order valence-electron chi connectivity index (χ2n) is 5.99. The van der Waals surface area contributed by atoms with Gasteiger partial charge in [0.15, 0.2) is 0 Å². The molecule has 1 aliphatic rings. The van der Waals surface area contributed by atoms with Gasteiger partial charge in [-0.25, -0.2) is 0 Å². The predicted molar refractivity (Wildman–Crippen MR) is 101 cm³/mol. The highest BCUT2D eigenvalue weighted by Gasteiger charge is 2.34. The molecule has 1 aliphatic heterocycles. The van der Waals surface area contributed by atoms with E-state index in [9.17, 15) is 9.59 Å². The van der Waals surface area contributed by atoms with Gasteiger partial charge in [-0.1, -0.05) is 48.5 Å². The van der Waals surface area contributed by atoms with Crippen LogP contribution in [0.2, 0.25) is 0 Å². The maximum absolute atomic E-state index is 12.3. The van der Waals surface area contributed by atoms with Gasteiger partial charge in [0.25, 0.3) is 11.8 Å². The molecule has 4 heteroatoms. The van der Waals surface area contributed by atoms with Crippen molar-refractivity contribution in [2.45, 2.75) is 11.3 Å². The van der Waals surface area contributed by atoms with E-state index in [1.807, 2.05) is 12.1 Å². The summed E-state index contributed by atoms with van der Waals surface area (Å²) in [6, 6.07) is 21.7. The molecule has 25 heavy (non-hydrogen) atoms. The largest absolute Gasteiger partial charge is 0.274 e. The van der Waals surface area contributed by atoms with E-state index in [1.165, 1.54) is 20.6 Å². The molecule has 4 rings (SSSR count). The summed E-state index contributed by atoms with van der Waals surface area (Å²) in [6.07, 6.45) is 0.777. The number of fused-ring (bicyclic) bond motifs is 2. The maximum Gasteiger partial charge on any atom is 0.261 e. The SMILES string of the molecule is O=C1c2ccccc2C(=O)N1CCCSc1cccc2ccccc12. The zero-order chi connectivity index (χ0) is 17.2. The van der Waals surface area contributed by atoms with Gasteiger partial charge in [-0.3, -0.25) is 14.5 Å². The first-order valence-corrected chi connectivity index (χ1v) is 9.30. The molecule has 0 spiro atoms. The molecule has 0 saturated carbocycles. The van der Waals surface area contributed by atoms with Crippen LogP contribution in [0.15, 0.2) is 71.6 Å². The molecule has 0 aliphatic carbocycles. The quantitative estimate of drug-likeness (QED) is 0.384. The molecule has 2 amide bonds. The molecular weight excluding hydrogens is 330 g/mol. The third-order valence-corrected chi connectivity index (χ3v) is 5.57. The molecule has 0 N–H and O–H groups in total. The summed E-state index contributed by atoms with van der Waals surface area (Å²) in [5.74, 6) is 0.521. The minimum absolute atomic E-state index is 0.171. The number of carbonyl (C=O) groups excluding carboxylic acids is 2. The summed E-state index contributed by atoms with van der Waals surface area (Å²) >= 11 is 1.77. The van der Waals surface area contributed by atoms with Crippen molar-refractivity contribution in [1.29, 1.82) is 0 Å². The van der Waals surface area contributed by atoms with Crippen LogP contribution >= 0.6 is 11.8 Å². The van der Waals surface area contributed by atoms with Crippen molar-refractivity contribution in [1.82, 2.24) is 4.90 Å². The molecule has 3 aromatic carbocycles. The molecule has 0 radical (unpaired) electrons. The Morgan fingerprint density at radius 1 is 0.760 bits per heavy atom. The van der Waals surface area contributed by atoms with Gasteiger partial charge in [0.1, 0.15) is 0 Å². The van der Waals surface area contributed by atoms with E-state index in [0.717, 1.165) is 12.2 Å². The fourth-order valence-corrected chi connectivity index (χ4v) is 4.18. The fourth-order valence-electron chi connectivity index (χ4n) is 3.17. The third kappa shape index (κ3) is 2.94. The van der Waals surface area contributed by atoms with Crippen molar-refractivity contribution in [2.24, 2.45) is 0 Å². The smallest absolute Gasteiger partial charge is 0.261 e. The number of benzene rings is 3. The van der Waals surface area contributed by atoms with Gasteiger partial charge in [-0.05, 0) is 41.1 Å². The van der Waals surface area contributed by atoms with Gasteiger partial charge in [0.2, 0.25) is 0 Å². The zero-order valence-electron chi connectivity index (χ0n) is 13.6. The minimum Gasteiger partial charge on any atom is -0.274 e. The topological polar surface area (TPSA) is 37.4 Å². The Morgan fingerprint density at radius 2 is 1.40 bits per heavy atom. The van der Waals surface area contributed by atoms with Gasteiger partial charge < -0.3 is 0 Å². The third-order valence-electron chi connectivity index (χ3n) is 4.41. The number of nitrogens with zero attached hydrogens (tertiary/aromatic N) is 1. The number of amides is 2. The highest BCUT2D eigenvalue weighted by molar-refractivity contribution is 7.99. The highest BCUT2D eigenvalue weighted by Crippen LogP contribution is 2.29. The van der Waals surface area contributed by atoms with Crippen LogP contribution in [0, 0.1) is 0 Å². The molecule has 0 unspecified atom stereocenters. The van der Waals surface area contributed by atoms with E-state index < -0.39 is 0 Å². The van der Waals surface area contributed by atoms with Crippen LogP contribution in [0.5, 0.6) is 0 Å². The van der Waals surface area contributed by atoms with Crippen molar-refractivity contribution >= 4 is 34.3 Å². The lowest BCUT2D eigenvalue weighted by atomic mass is 10.1. The molecule has 0 saturated heterocycles. The molecular formula is C21H17NO2S. The second-order valence-corrected chi connectivity index (χ2v) is 7.12. The van der Waals surface area contributed by atoms with Crippen LogP contribution in [-0.2, 0) is 0 Å². The molecule has 3 nitrogen and oxygen atoms in total. The second kappa shape index (κ2) is 6.73. The van der Waals surface area contributed by atoms with Gasteiger partial charge in [0, 0.05) is 11.4 Å². The first kappa shape index (κ1) is 15.9. The molecule has 0 atom stereocenters. The Balaban J connectivity index is 1.39. The van der Waals surface area contributed by atoms with Crippen molar-refractivity contribution in [2.75, 3.05) is 12.3 Å². The average Bonchev–Trinajstić information content (AvgIpc) is 2.90. The van der Waals surface area contributed by atoms with Crippen molar-refractivity contribution in [3.05, 3.63) is 77.9 Å². The minimum atomic E-state index is -0.171. The average molecular weight is 347 g/mol. The van der Waals surface area contributed by atoms with Crippen LogP contribution in [-0.4, -0.2) is 29.0 Å². The van der Waals surface area contributed by atoms with Gasteiger partial charge in [0.05, 0.1) is 11.1 Å². The Hall–Kier alpha value is -2.59. The normalized spacial score (nSPS) is 13.5. The molecule has 0 aromatic heterocycles. The van der Waals surface area contributed by atoms with Crippen LogP contribution in [0.4, 0.5) is 0 Å². The Kier molecular flexibility index (Phi) is 4.28. The van der Waals surface area contributed by atoms with E-state index >= 15 is 0 Å². The summed E-state index contributed by atoms with van der Waals surface area (Å²) in [7, 11) is 0. The molecule has 0 fully saturated rings. The molecule has 0 bridgehead atoms. The number of carbonyl (C=O) groups is 2. The number of hydrogen-bond donors (Lipinski definition) is 0. The van der Waals surface area contributed by atoms with Crippen LogP contribution in [0.3, 0.4) is 0 Å². The monoisotopic (exact) mass is 347 g/mol. The number of thioether (sulfide) groups is 1. The van der Waals surface area contributed by atoms with Crippen molar-refractivity contribution in [3.63, 3.8) is 0 Å². The Labute approximate surface area is 150 Å². The van der Waals surface area contributed by atoms with Gasteiger partial charge in [-0.2, -0.15) is 0 Å². The Bertz CT molecular complexity index is 927. The van der Waals surface area contributed by atoms with E-state index in [4.69, 9.17) is 0 Å². The summed E-state index contributed by atoms with van der Waals surface area (Å²) in [6.45, 7) is 0.462. The number of hydrogen-bond acceptors (Lipinski definition) is 3. The fraction of sp³-hybridized carbons (Fsp3) is 0.143. The maximum atomic E-state index is 12.3.